The van der Waals surface area contributed by atoms with Crippen LogP contribution in [-0.2, 0) is 0 Å². The number of aromatic carboxylic acids is 1. The van der Waals surface area contributed by atoms with Crippen molar-refractivity contribution in [2.24, 2.45) is 0 Å². The van der Waals surface area contributed by atoms with E-state index in [1.807, 2.05) is 0 Å². The first-order valence-corrected chi connectivity index (χ1v) is 5.02. The third kappa shape index (κ3) is 2.91. The zero-order valence-electron chi connectivity index (χ0n) is 9.54. The molecule has 0 bridgehead atoms. The Hall–Kier alpha value is -2.24. The van der Waals surface area contributed by atoms with E-state index in [1.54, 1.807) is 6.92 Å². The van der Waals surface area contributed by atoms with Gasteiger partial charge < -0.3 is 10.4 Å². The molecule has 2 N–H and O–H groups in total. The fourth-order valence-electron chi connectivity index (χ4n) is 1.26. The van der Waals surface area contributed by atoms with Crippen molar-refractivity contribution >= 4 is 11.9 Å². The average Bonchev–Trinajstić information content (AvgIpc) is 2.31. The van der Waals surface area contributed by atoms with Crippen molar-refractivity contribution in [3.63, 3.8) is 0 Å². The zero-order valence-corrected chi connectivity index (χ0v) is 9.54. The Balaban J connectivity index is 3.21. The number of halogens is 2. The number of amides is 1. The lowest BCUT2D eigenvalue weighted by molar-refractivity contribution is 0.0690. The Labute approximate surface area is 102 Å². The first-order chi connectivity index (χ1) is 8.36. The maximum absolute atomic E-state index is 13.0. The molecule has 4 nitrogen and oxygen atoms in total. The fourth-order valence-corrected chi connectivity index (χ4v) is 1.26. The van der Waals surface area contributed by atoms with E-state index in [0.717, 1.165) is 0 Å². The first kappa shape index (κ1) is 13.8. The van der Waals surface area contributed by atoms with Gasteiger partial charge in [0.15, 0.2) is 11.6 Å². The average molecular weight is 255 g/mol. The highest BCUT2D eigenvalue weighted by molar-refractivity contribution is 6.04. The quantitative estimate of drug-likeness (QED) is 0.808. The summed E-state index contributed by atoms with van der Waals surface area (Å²) in [6, 6.07) is 0.613. The lowest BCUT2D eigenvalue weighted by Gasteiger charge is -2.11. The highest BCUT2D eigenvalue weighted by atomic mass is 19.2. The molecule has 0 saturated heterocycles. The van der Waals surface area contributed by atoms with E-state index in [0.29, 0.717) is 12.1 Å². The highest BCUT2D eigenvalue weighted by Gasteiger charge is 2.20. The molecule has 96 valence electrons. The molecule has 0 saturated carbocycles. The number of benzene rings is 1. The molecule has 6 heteroatoms. The largest absolute Gasteiger partial charge is 0.478 e. The number of rotatable bonds is 4. The van der Waals surface area contributed by atoms with Crippen molar-refractivity contribution in [3.8, 4) is 0 Å². The molecule has 1 atom stereocenters. The van der Waals surface area contributed by atoms with Crippen molar-refractivity contribution in [1.29, 1.82) is 0 Å². The summed E-state index contributed by atoms with van der Waals surface area (Å²) in [5.74, 6) is -4.92. The summed E-state index contributed by atoms with van der Waals surface area (Å²) >= 11 is 0. The van der Waals surface area contributed by atoms with E-state index in [2.05, 4.69) is 11.9 Å². The van der Waals surface area contributed by atoms with Crippen molar-refractivity contribution in [2.45, 2.75) is 13.0 Å². The standard InChI is InChI=1S/C12H11F2NO3/c1-3-6(2)15-11(16)7-4-9(13)10(14)5-8(7)12(17)18/h3-6H,1H2,2H3,(H,15,16)(H,17,18). The molecule has 1 amide bonds. The van der Waals surface area contributed by atoms with Crippen LogP contribution in [0.3, 0.4) is 0 Å². The van der Waals surface area contributed by atoms with Gasteiger partial charge in [-0.3, -0.25) is 4.79 Å². The molecule has 1 aromatic rings. The topological polar surface area (TPSA) is 66.4 Å². The summed E-state index contributed by atoms with van der Waals surface area (Å²) in [6.07, 6.45) is 1.41. The van der Waals surface area contributed by atoms with Crippen LogP contribution in [0.15, 0.2) is 24.8 Å². The van der Waals surface area contributed by atoms with Crippen molar-refractivity contribution in [2.75, 3.05) is 0 Å². The second-order valence-corrected chi connectivity index (χ2v) is 3.61. The molecule has 0 spiro atoms. The van der Waals surface area contributed by atoms with Gasteiger partial charge in [-0.15, -0.1) is 6.58 Å². The second-order valence-electron chi connectivity index (χ2n) is 3.61. The van der Waals surface area contributed by atoms with Gasteiger partial charge in [0.2, 0.25) is 0 Å². The van der Waals surface area contributed by atoms with Crippen LogP contribution < -0.4 is 5.32 Å². The van der Waals surface area contributed by atoms with Crippen LogP contribution >= 0.6 is 0 Å². The maximum Gasteiger partial charge on any atom is 0.336 e. The Morgan fingerprint density at radius 3 is 2.28 bits per heavy atom. The molecule has 0 fully saturated rings. The molecule has 0 aliphatic heterocycles. The minimum atomic E-state index is -1.51. The Morgan fingerprint density at radius 1 is 1.33 bits per heavy atom. The summed E-state index contributed by atoms with van der Waals surface area (Å²) in [5, 5.41) is 11.2. The Kier molecular flexibility index (Phi) is 4.14. The van der Waals surface area contributed by atoms with E-state index >= 15 is 0 Å². The molecule has 0 aliphatic rings. The maximum atomic E-state index is 13.0. The number of carboxylic acids is 1. The molecule has 1 rings (SSSR count). The lowest BCUT2D eigenvalue weighted by atomic mass is 10.1. The molecular weight excluding hydrogens is 244 g/mol. The van der Waals surface area contributed by atoms with E-state index in [-0.39, 0.29) is 0 Å². The molecular formula is C12H11F2NO3. The number of hydrogen-bond acceptors (Lipinski definition) is 2. The number of hydrogen-bond donors (Lipinski definition) is 2. The predicted molar refractivity (Wildman–Crippen MR) is 60.4 cm³/mol. The molecule has 0 radical (unpaired) electrons. The summed E-state index contributed by atoms with van der Waals surface area (Å²) in [6.45, 7) is 5.03. The Bertz CT molecular complexity index is 514. The van der Waals surface area contributed by atoms with E-state index in [9.17, 15) is 18.4 Å². The molecule has 18 heavy (non-hydrogen) atoms. The number of carbonyl (C=O) groups is 2. The van der Waals surface area contributed by atoms with E-state index in [4.69, 9.17) is 5.11 Å². The van der Waals surface area contributed by atoms with Crippen molar-refractivity contribution in [1.82, 2.24) is 5.32 Å². The highest BCUT2D eigenvalue weighted by Crippen LogP contribution is 2.15. The van der Waals surface area contributed by atoms with Crippen LogP contribution in [0.5, 0.6) is 0 Å². The summed E-state index contributed by atoms with van der Waals surface area (Å²) in [4.78, 5) is 22.5. The minimum Gasteiger partial charge on any atom is -0.478 e. The van der Waals surface area contributed by atoms with Gasteiger partial charge in [0.05, 0.1) is 11.1 Å². The molecule has 1 aromatic carbocycles. The summed E-state index contributed by atoms with van der Waals surface area (Å²) < 4.78 is 26.0. The molecule has 1 unspecified atom stereocenters. The number of carbonyl (C=O) groups excluding carboxylic acids is 1. The first-order valence-electron chi connectivity index (χ1n) is 5.02. The summed E-state index contributed by atoms with van der Waals surface area (Å²) in [7, 11) is 0. The molecule has 0 aromatic heterocycles. The SMILES string of the molecule is C=CC(C)NC(=O)c1cc(F)c(F)cc1C(=O)O. The second kappa shape index (κ2) is 5.39. The summed E-state index contributed by atoms with van der Waals surface area (Å²) in [5.41, 5.74) is -1.03. The van der Waals surface area contributed by atoms with Crippen molar-refractivity contribution < 1.29 is 23.5 Å². The van der Waals surface area contributed by atoms with Crippen LogP contribution in [0, 0.1) is 11.6 Å². The van der Waals surface area contributed by atoms with Gasteiger partial charge in [0, 0.05) is 6.04 Å². The van der Waals surface area contributed by atoms with Crippen LogP contribution in [0.25, 0.3) is 0 Å². The van der Waals surface area contributed by atoms with Crippen molar-refractivity contribution in [3.05, 3.63) is 47.5 Å². The Morgan fingerprint density at radius 2 is 1.83 bits per heavy atom. The normalized spacial score (nSPS) is 11.7. The molecule has 0 aliphatic carbocycles. The monoisotopic (exact) mass is 255 g/mol. The van der Waals surface area contributed by atoms with Crippen LogP contribution in [0.2, 0.25) is 0 Å². The van der Waals surface area contributed by atoms with E-state index < -0.39 is 40.7 Å². The van der Waals surface area contributed by atoms with Gasteiger partial charge in [0.1, 0.15) is 0 Å². The smallest absolute Gasteiger partial charge is 0.336 e. The number of nitrogens with one attached hydrogen (secondary N) is 1. The van der Waals surface area contributed by atoms with Gasteiger partial charge in [-0.2, -0.15) is 0 Å². The van der Waals surface area contributed by atoms with Crippen LogP contribution in [0.4, 0.5) is 8.78 Å². The molecule has 0 heterocycles. The third-order valence-electron chi connectivity index (χ3n) is 2.25. The van der Waals surface area contributed by atoms with Gasteiger partial charge in [-0.1, -0.05) is 6.08 Å². The zero-order chi connectivity index (χ0) is 13.9. The number of carboxylic acid groups (broad SMARTS) is 1. The third-order valence-corrected chi connectivity index (χ3v) is 2.25. The van der Waals surface area contributed by atoms with Crippen LogP contribution in [0.1, 0.15) is 27.6 Å². The minimum absolute atomic E-state index is 0.424. The lowest BCUT2D eigenvalue weighted by Crippen LogP contribution is -2.32. The van der Waals surface area contributed by atoms with Gasteiger partial charge in [0.25, 0.3) is 5.91 Å². The predicted octanol–water partition coefficient (Wildman–Crippen LogP) is 1.97. The fraction of sp³-hybridized carbons (Fsp3) is 0.167. The van der Waals surface area contributed by atoms with Gasteiger partial charge in [-0.05, 0) is 19.1 Å². The van der Waals surface area contributed by atoms with Gasteiger partial charge >= 0.3 is 5.97 Å². The van der Waals surface area contributed by atoms with Gasteiger partial charge in [-0.25, -0.2) is 13.6 Å². The van der Waals surface area contributed by atoms with E-state index in [1.165, 1.54) is 6.08 Å². The van der Waals surface area contributed by atoms with Crippen LogP contribution in [-0.4, -0.2) is 23.0 Å².